The molecule has 5 nitrogen and oxygen atoms in total. The topological polar surface area (TPSA) is 61.8 Å². The highest BCUT2D eigenvalue weighted by Gasteiger charge is 2.29. The van der Waals surface area contributed by atoms with Crippen LogP contribution in [0.4, 0.5) is 0 Å². The molecule has 0 saturated heterocycles. The van der Waals surface area contributed by atoms with Gasteiger partial charge in [-0.2, -0.15) is 0 Å². The minimum atomic E-state index is -3.51. The lowest BCUT2D eigenvalue weighted by Gasteiger charge is -2.17. The van der Waals surface area contributed by atoms with Crippen molar-refractivity contribution < 1.29 is 23.1 Å². The largest absolute Gasteiger partial charge is 0.452 e. The van der Waals surface area contributed by atoms with E-state index >= 15 is 0 Å². The van der Waals surface area contributed by atoms with Gasteiger partial charge in [-0.1, -0.05) is 18.1 Å². The first-order valence-electron chi connectivity index (χ1n) is 6.77. The van der Waals surface area contributed by atoms with Gasteiger partial charge in [-0.3, -0.25) is 9.36 Å². The second-order valence-electron chi connectivity index (χ2n) is 4.16. The molecule has 21 heavy (non-hydrogen) atoms. The van der Waals surface area contributed by atoms with Crippen LogP contribution in [0.3, 0.4) is 0 Å². The summed E-state index contributed by atoms with van der Waals surface area (Å²) in [5.74, 6) is 1.48. The number of rotatable bonds is 13. The van der Waals surface area contributed by atoms with Gasteiger partial charge in [0, 0.05) is 0 Å². The molecule has 0 rings (SSSR count). The van der Waals surface area contributed by atoms with Gasteiger partial charge in [0.25, 0.3) is 0 Å². The van der Waals surface area contributed by atoms with E-state index in [1.165, 1.54) is 0 Å². The Morgan fingerprint density at radius 2 is 1.67 bits per heavy atom. The van der Waals surface area contributed by atoms with Crippen LogP contribution in [-0.4, -0.2) is 32.0 Å². The molecule has 0 aliphatic carbocycles. The van der Waals surface area contributed by atoms with Crippen molar-refractivity contribution in [3.05, 3.63) is 25.3 Å². The summed E-state index contributed by atoms with van der Waals surface area (Å²) in [7, 11) is -3.51. The van der Waals surface area contributed by atoms with Crippen molar-refractivity contribution in [3.8, 4) is 12.3 Å². The summed E-state index contributed by atoms with van der Waals surface area (Å²) < 4.78 is 27.7. The molecule has 0 heterocycles. The maximum atomic E-state index is 12.5. The number of allylic oxidation sites excluding steroid dienone is 2. The zero-order valence-corrected chi connectivity index (χ0v) is 13.2. The van der Waals surface area contributed by atoms with E-state index in [0.717, 1.165) is 12.8 Å². The van der Waals surface area contributed by atoms with E-state index in [1.54, 1.807) is 12.2 Å². The molecule has 6 heteroatoms. The highest BCUT2D eigenvalue weighted by molar-refractivity contribution is 7.54. The van der Waals surface area contributed by atoms with E-state index in [0.29, 0.717) is 12.8 Å². The van der Waals surface area contributed by atoms with Gasteiger partial charge in [-0.25, -0.2) is 0 Å². The molecule has 0 amide bonds. The molecule has 0 aliphatic rings. The number of carbonyl (C=O) groups is 1. The van der Waals surface area contributed by atoms with Crippen LogP contribution in [0.1, 0.15) is 25.7 Å². The molecule has 0 atom stereocenters. The van der Waals surface area contributed by atoms with Gasteiger partial charge in [-0.05, 0) is 25.7 Å². The van der Waals surface area contributed by atoms with Crippen LogP contribution in [-0.2, 0) is 23.1 Å². The van der Waals surface area contributed by atoms with E-state index in [1.807, 2.05) is 0 Å². The summed E-state index contributed by atoms with van der Waals surface area (Å²) in [4.78, 5) is 11.5. The first kappa shape index (κ1) is 19.7. The Morgan fingerprint density at radius 3 is 2.10 bits per heavy atom. The number of ether oxygens (including phenoxy) is 1. The fraction of sp³-hybridized carbons (Fsp3) is 0.533. The molecule has 0 N–H and O–H groups in total. The molecule has 0 bridgehead atoms. The van der Waals surface area contributed by atoms with E-state index in [2.05, 4.69) is 19.1 Å². The minimum absolute atomic E-state index is 0.161. The van der Waals surface area contributed by atoms with Gasteiger partial charge in [-0.15, -0.1) is 19.6 Å². The predicted octanol–water partition coefficient (Wildman–Crippen LogP) is 3.32. The normalized spacial score (nSPS) is 10.6. The van der Waals surface area contributed by atoms with E-state index < -0.39 is 19.7 Å². The monoisotopic (exact) mass is 314 g/mol. The quantitative estimate of drug-likeness (QED) is 0.172. The van der Waals surface area contributed by atoms with Crippen LogP contribution >= 0.6 is 7.60 Å². The van der Waals surface area contributed by atoms with Gasteiger partial charge in [0.1, 0.15) is 6.16 Å². The van der Waals surface area contributed by atoms with Crippen molar-refractivity contribution in [3.63, 3.8) is 0 Å². The first-order chi connectivity index (χ1) is 10.1. The Bertz CT molecular complexity index is 391. The molecule has 0 aromatic heterocycles. The Kier molecular flexibility index (Phi) is 11.6. The minimum Gasteiger partial charge on any atom is -0.452 e. The highest BCUT2D eigenvalue weighted by Crippen LogP contribution is 2.48. The van der Waals surface area contributed by atoms with Gasteiger partial charge in [0.2, 0.25) is 0 Å². The third-order valence-corrected chi connectivity index (χ3v) is 4.12. The summed E-state index contributed by atoms with van der Waals surface area (Å²) in [6.45, 7) is 7.48. The zero-order valence-electron chi connectivity index (χ0n) is 12.3. The number of hydrogen-bond acceptors (Lipinski definition) is 5. The molecule has 118 valence electrons. The average molecular weight is 314 g/mol. The number of unbranched alkanes of at least 4 members (excludes halogenated alkanes) is 2. The number of terminal acetylenes is 1. The summed E-state index contributed by atoms with van der Waals surface area (Å²) in [5.41, 5.74) is 0. The fourth-order valence-corrected chi connectivity index (χ4v) is 2.80. The summed E-state index contributed by atoms with van der Waals surface area (Å²) in [6.07, 6.45) is 10.8. The smallest absolute Gasteiger partial charge is 0.341 e. The van der Waals surface area contributed by atoms with Crippen LogP contribution in [0.2, 0.25) is 0 Å². The van der Waals surface area contributed by atoms with E-state index in [-0.39, 0.29) is 19.8 Å². The molecule has 0 aliphatic heterocycles. The molecule has 0 radical (unpaired) electrons. The fourth-order valence-electron chi connectivity index (χ4n) is 1.32. The Labute approximate surface area is 126 Å². The van der Waals surface area contributed by atoms with Crippen LogP contribution in [0.25, 0.3) is 0 Å². The average Bonchev–Trinajstić information content (AvgIpc) is 2.46. The van der Waals surface area contributed by atoms with Crippen molar-refractivity contribution in [2.45, 2.75) is 25.7 Å². The lowest BCUT2D eigenvalue weighted by molar-refractivity contribution is -0.139. The molecular weight excluding hydrogens is 291 g/mol. The first-order valence-corrected chi connectivity index (χ1v) is 8.49. The molecule has 0 unspecified atom stereocenters. The number of hydrogen-bond donors (Lipinski definition) is 0. The number of esters is 1. The van der Waals surface area contributed by atoms with Crippen LogP contribution in [0, 0.1) is 12.3 Å². The molecule has 0 saturated carbocycles. The van der Waals surface area contributed by atoms with Gasteiger partial charge >= 0.3 is 13.6 Å². The molecular formula is C15H23O5P. The summed E-state index contributed by atoms with van der Waals surface area (Å²) in [5, 5.41) is 0. The molecule has 0 spiro atoms. The van der Waals surface area contributed by atoms with E-state index in [4.69, 9.17) is 20.2 Å². The highest BCUT2D eigenvalue weighted by atomic mass is 31.2. The maximum Gasteiger partial charge on any atom is 0.341 e. The van der Waals surface area contributed by atoms with Gasteiger partial charge < -0.3 is 13.8 Å². The van der Waals surface area contributed by atoms with Crippen LogP contribution in [0.5, 0.6) is 0 Å². The predicted molar refractivity (Wildman–Crippen MR) is 83.0 cm³/mol. The van der Waals surface area contributed by atoms with Crippen LogP contribution < -0.4 is 0 Å². The molecule has 0 aromatic carbocycles. The van der Waals surface area contributed by atoms with Gasteiger partial charge in [0.05, 0.1) is 13.2 Å². The molecule has 0 fully saturated rings. The second-order valence-corrected chi connectivity index (χ2v) is 6.22. The van der Waals surface area contributed by atoms with Gasteiger partial charge in [0.15, 0.2) is 6.61 Å². The van der Waals surface area contributed by atoms with Crippen LogP contribution in [0.15, 0.2) is 25.3 Å². The lowest BCUT2D eigenvalue weighted by atomic mass is 10.3. The van der Waals surface area contributed by atoms with E-state index in [9.17, 15) is 9.36 Å². The van der Waals surface area contributed by atoms with Crippen molar-refractivity contribution in [1.82, 2.24) is 0 Å². The summed E-state index contributed by atoms with van der Waals surface area (Å²) in [6, 6.07) is 0. The van der Waals surface area contributed by atoms with Crippen molar-refractivity contribution in [2.24, 2.45) is 0 Å². The maximum absolute atomic E-state index is 12.5. The SMILES string of the molecule is C#CCOC(=O)CP(=O)(OCCCC=C)OCCCC=C. The number of carbonyl (C=O) groups excluding carboxylic acids is 1. The second kappa shape index (κ2) is 12.4. The van der Waals surface area contributed by atoms with Crippen molar-refractivity contribution in [1.29, 1.82) is 0 Å². The van der Waals surface area contributed by atoms with Crippen molar-refractivity contribution >= 4 is 13.6 Å². The molecule has 0 aromatic rings. The Hall–Kier alpha value is -1.34. The Morgan fingerprint density at radius 1 is 1.14 bits per heavy atom. The Balaban J connectivity index is 4.39. The standard InChI is InChI=1S/C15H23O5P/c1-4-7-9-12-19-21(17,20-13-10-8-5-2)14-15(16)18-11-6-3/h3-5H,1-2,7-14H2. The lowest BCUT2D eigenvalue weighted by Crippen LogP contribution is -2.14. The third kappa shape index (κ3) is 11.0. The van der Waals surface area contributed by atoms with Crippen molar-refractivity contribution in [2.75, 3.05) is 26.0 Å². The summed E-state index contributed by atoms with van der Waals surface area (Å²) >= 11 is 0. The zero-order chi connectivity index (χ0) is 16.0. The third-order valence-electron chi connectivity index (χ3n) is 2.32.